The van der Waals surface area contributed by atoms with Gasteiger partial charge in [-0.2, -0.15) is 0 Å². The lowest BCUT2D eigenvalue weighted by Crippen LogP contribution is -2.45. The maximum atomic E-state index is 11.5. The zero-order chi connectivity index (χ0) is 13.1. The van der Waals surface area contributed by atoms with Gasteiger partial charge in [0.15, 0.2) is 0 Å². The molecular weight excluding hydrogens is 216 g/mol. The predicted molar refractivity (Wildman–Crippen MR) is 68.5 cm³/mol. The van der Waals surface area contributed by atoms with Crippen LogP contribution < -0.4 is 11.5 Å². The number of hydrogen-bond donors (Lipinski definition) is 3. The molecule has 1 aromatic carbocycles. The number of benzene rings is 1. The molecular formula is C13H20N2O2. The molecule has 4 nitrogen and oxygen atoms in total. The Kier molecular flexibility index (Phi) is 4.12. The number of carbonyl (C=O) groups is 1. The van der Waals surface area contributed by atoms with Crippen molar-refractivity contribution < 1.29 is 9.90 Å². The number of aliphatic carboxylic acids is 1. The Morgan fingerprint density at radius 3 is 2.41 bits per heavy atom. The van der Waals surface area contributed by atoms with Crippen LogP contribution in [0.2, 0.25) is 0 Å². The molecule has 1 rings (SSSR count). The summed E-state index contributed by atoms with van der Waals surface area (Å²) in [6.07, 6.45) is 0.364. The van der Waals surface area contributed by atoms with Crippen molar-refractivity contribution in [3.8, 4) is 0 Å². The van der Waals surface area contributed by atoms with E-state index in [1.165, 1.54) is 0 Å². The number of rotatable bonds is 5. The van der Waals surface area contributed by atoms with Gasteiger partial charge in [-0.1, -0.05) is 32.0 Å². The Morgan fingerprint density at radius 2 is 2.00 bits per heavy atom. The van der Waals surface area contributed by atoms with Crippen molar-refractivity contribution in [1.82, 2.24) is 0 Å². The molecule has 4 heteroatoms. The molecule has 0 aromatic heterocycles. The molecule has 1 atom stereocenters. The van der Waals surface area contributed by atoms with Crippen molar-refractivity contribution in [1.29, 1.82) is 0 Å². The SMILES string of the molecule is CC(C)C(CN)(Cc1ccccc1N)C(=O)O. The van der Waals surface area contributed by atoms with Gasteiger partial charge < -0.3 is 16.6 Å². The molecule has 17 heavy (non-hydrogen) atoms. The summed E-state index contributed by atoms with van der Waals surface area (Å²) >= 11 is 0. The number of hydrogen-bond acceptors (Lipinski definition) is 3. The largest absolute Gasteiger partial charge is 0.481 e. The van der Waals surface area contributed by atoms with Gasteiger partial charge >= 0.3 is 5.97 Å². The van der Waals surface area contributed by atoms with Crippen molar-refractivity contribution >= 4 is 11.7 Å². The summed E-state index contributed by atoms with van der Waals surface area (Å²) in [5, 5.41) is 9.43. The normalized spacial score (nSPS) is 14.6. The first-order chi connectivity index (χ1) is 7.94. The number of carboxylic acids is 1. The first-order valence-corrected chi connectivity index (χ1v) is 5.71. The first kappa shape index (κ1) is 13.5. The quantitative estimate of drug-likeness (QED) is 0.676. The molecule has 0 heterocycles. The van der Waals surface area contributed by atoms with Gasteiger partial charge in [-0.25, -0.2) is 0 Å². The van der Waals surface area contributed by atoms with E-state index in [0.717, 1.165) is 5.56 Å². The summed E-state index contributed by atoms with van der Waals surface area (Å²) in [6.45, 7) is 3.86. The molecule has 0 aliphatic rings. The van der Waals surface area contributed by atoms with Crippen LogP contribution in [0.5, 0.6) is 0 Å². The number of carboxylic acid groups (broad SMARTS) is 1. The second-order valence-electron chi connectivity index (χ2n) is 4.70. The molecule has 0 spiro atoms. The van der Waals surface area contributed by atoms with E-state index in [4.69, 9.17) is 11.5 Å². The maximum Gasteiger partial charge on any atom is 0.311 e. The van der Waals surface area contributed by atoms with Crippen molar-refractivity contribution in [2.24, 2.45) is 17.1 Å². The maximum absolute atomic E-state index is 11.5. The second-order valence-corrected chi connectivity index (χ2v) is 4.70. The van der Waals surface area contributed by atoms with Crippen LogP contribution in [0, 0.1) is 11.3 Å². The van der Waals surface area contributed by atoms with E-state index in [9.17, 15) is 9.90 Å². The summed E-state index contributed by atoms with van der Waals surface area (Å²) in [5.74, 6) is -0.914. The highest BCUT2D eigenvalue weighted by molar-refractivity contribution is 5.76. The molecule has 1 unspecified atom stereocenters. The Hall–Kier alpha value is -1.55. The molecule has 0 saturated heterocycles. The van der Waals surface area contributed by atoms with Gasteiger partial charge in [0, 0.05) is 12.2 Å². The number of anilines is 1. The molecule has 0 aliphatic heterocycles. The smallest absolute Gasteiger partial charge is 0.311 e. The average molecular weight is 236 g/mol. The standard InChI is InChI=1S/C13H20N2O2/c1-9(2)13(8-14,12(16)17)7-10-5-3-4-6-11(10)15/h3-6,9H,7-8,14-15H2,1-2H3,(H,16,17). The Balaban J connectivity index is 3.11. The molecule has 0 aliphatic carbocycles. The minimum Gasteiger partial charge on any atom is -0.481 e. The second kappa shape index (κ2) is 5.19. The number of nitrogen functional groups attached to an aromatic ring is 1. The molecule has 5 N–H and O–H groups in total. The highest BCUT2D eigenvalue weighted by atomic mass is 16.4. The summed E-state index contributed by atoms with van der Waals surface area (Å²) < 4.78 is 0. The molecule has 0 bridgehead atoms. The zero-order valence-corrected chi connectivity index (χ0v) is 10.3. The lowest BCUT2D eigenvalue weighted by atomic mass is 9.72. The predicted octanol–water partition coefficient (Wildman–Crippen LogP) is 1.50. The van der Waals surface area contributed by atoms with Gasteiger partial charge in [-0.15, -0.1) is 0 Å². The fraction of sp³-hybridized carbons (Fsp3) is 0.462. The van der Waals surface area contributed by atoms with Crippen LogP contribution in [-0.4, -0.2) is 17.6 Å². The van der Waals surface area contributed by atoms with Crippen molar-refractivity contribution in [2.45, 2.75) is 20.3 Å². The lowest BCUT2D eigenvalue weighted by molar-refractivity contribution is -0.151. The fourth-order valence-electron chi connectivity index (χ4n) is 1.96. The lowest BCUT2D eigenvalue weighted by Gasteiger charge is -2.32. The van der Waals surface area contributed by atoms with E-state index in [-0.39, 0.29) is 12.5 Å². The summed E-state index contributed by atoms with van der Waals surface area (Å²) in [6, 6.07) is 7.32. The summed E-state index contributed by atoms with van der Waals surface area (Å²) in [4.78, 5) is 11.5. The Bertz CT molecular complexity index is 404. The highest BCUT2D eigenvalue weighted by Crippen LogP contribution is 2.32. The van der Waals surface area contributed by atoms with E-state index < -0.39 is 11.4 Å². The van der Waals surface area contributed by atoms with E-state index in [1.807, 2.05) is 32.0 Å². The van der Waals surface area contributed by atoms with Gasteiger partial charge in [0.25, 0.3) is 0 Å². The zero-order valence-electron chi connectivity index (χ0n) is 10.3. The molecule has 0 amide bonds. The van der Waals surface area contributed by atoms with Gasteiger partial charge in [0.1, 0.15) is 0 Å². The van der Waals surface area contributed by atoms with Crippen molar-refractivity contribution in [3.63, 3.8) is 0 Å². The van der Waals surface area contributed by atoms with Gasteiger partial charge in [0.2, 0.25) is 0 Å². The molecule has 94 valence electrons. The fourth-order valence-corrected chi connectivity index (χ4v) is 1.96. The van der Waals surface area contributed by atoms with Crippen LogP contribution in [0.1, 0.15) is 19.4 Å². The minimum atomic E-state index is -0.949. The Labute approximate surface area is 102 Å². The molecule has 0 saturated carbocycles. The third kappa shape index (κ3) is 2.58. The van der Waals surface area contributed by atoms with Gasteiger partial charge in [-0.05, 0) is 24.0 Å². The van der Waals surface area contributed by atoms with Crippen molar-refractivity contribution in [3.05, 3.63) is 29.8 Å². The molecule has 0 radical (unpaired) electrons. The van der Waals surface area contributed by atoms with Crippen LogP contribution in [0.4, 0.5) is 5.69 Å². The van der Waals surface area contributed by atoms with Crippen LogP contribution in [0.25, 0.3) is 0 Å². The van der Waals surface area contributed by atoms with E-state index >= 15 is 0 Å². The molecule has 1 aromatic rings. The Morgan fingerprint density at radius 1 is 1.41 bits per heavy atom. The van der Waals surface area contributed by atoms with Crippen LogP contribution in [-0.2, 0) is 11.2 Å². The topological polar surface area (TPSA) is 89.3 Å². The number of nitrogens with two attached hydrogens (primary N) is 2. The number of para-hydroxylation sites is 1. The van der Waals surface area contributed by atoms with E-state index in [2.05, 4.69) is 0 Å². The van der Waals surface area contributed by atoms with Crippen LogP contribution in [0.15, 0.2) is 24.3 Å². The summed E-state index contributed by atoms with van der Waals surface area (Å²) in [7, 11) is 0. The molecule has 0 fully saturated rings. The third-order valence-electron chi connectivity index (χ3n) is 3.46. The third-order valence-corrected chi connectivity index (χ3v) is 3.46. The van der Waals surface area contributed by atoms with Crippen molar-refractivity contribution in [2.75, 3.05) is 12.3 Å². The first-order valence-electron chi connectivity index (χ1n) is 5.71. The van der Waals surface area contributed by atoms with Gasteiger partial charge in [-0.3, -0.25) is 4.79 Å². The van der Waals surface area contributed by atoms with Crippen LogP contribution >= 0.6 is 0 Å². The minimum absolute atomic E-state index is 0.0513. The average Bonchev–Trinajstić information content (AvgIpc) is 2.27. The van der Waals surface area contributed by atoms with Gasteiger partial charge in [0.05, 0.1) is 5.41 Å². The van der Waals surface area contributed by atoms with E-state index in [0.29, 0.717) is 12.1 Å². The highest BCUT2D eigenvalue weighted by Gasteiger charge is 2.40. The van der Waals surface area contributed by atoms with E-state index in [1.54, 1.807) is 6.07 Å². The summed E-state index contributed by atoms with van der Waals surface area (Å²) in [5.41, 5.74) is 12.0. The van der Waals surface area contributed by atoms with Crippen LogP contribution in [0.3, 0.4) is 0 Å². The monoisotopic (exact) mass is 236 g/mol.